The number of nitrogen functional groups attached to an aromatic ring is 1. The first-order valence-corrected chi connectivity index (χ1v) is 7.15. The van der Waals surface area contributed by atoms with Gasteiger partial charge in [-0.25, -0.2) is 8.42 Å². The van der Waals surface area contributed by atoms with E-state index in [4.69, 9.17) is 5.73 Å². The lowest BCUT2D eigenvalue weighted by molar-refractivity contribution is 0.580. The molecule has 0 saturated heterocycles. The number of sulfone groups is 1. The second-order valence-corrected chi connectivity index (χ2v) is 6.58. The SMILES string of the molecule is CCC(C)S(=O)(=O)Cc1cccc(N)c1C. The van der Waals surface area contributed by atoms with Crippen molar-refractivity contribution < 1.29 is 8.42 Å². The van der Waals surface area contributed by atoms with E-state index in [9.17, 15) is 8.42 Å². The summed E-state index contributed by atoms with van der Waals surface area (Å²) in [4.78, 5) is 0. The van der Waals surface area contributed by atoms with Crippen molar-refractivity contribution in [2.24, 2.45) is 0 Å². The molecule has 0 spiro atoms. The zero-order valence-electron chi connectivity index (χ0n) is 10.0. The fourth-order valence-corrected chi connectivity index (χ4v) is 3.01. The molecule has 0 aliphatic heterocycles. The third-order valence-electron chi connectivity index (χ3n) is 3.03. The minimum atomic E-state index is -3.06. The van der Waals surface area contributed by atoms with Crippen molar-refractivity contribution in [2.75, 3.05) is 5.73 Å². The van der Waals surface area contributed by atoms with Crippen LogP contribution in [-0.4, -0.2) is 13.7 Å². The van der Waals surface area contributed by atoms with Crippen LogP contribution in [-0.2, 0) is 15.6 Å². The van der Waals surface area contributed by atoms with E-state index in [0.717, 1.165) is 11.1 Å². The maximum absolute atomic E-state index is 12.0. The Bertz CT molecular complexity index is 466. The molecule has 0 aromatic heterocycles. The number of rotatable bonds is 4. The number of nitrogens with two attached hydrogens (primary N) is 1. The molecule has 1 atom stereocenters. The van der Waals surface area contributed by atoms with Crippen LogP contribution in [0.5, 0.6) is 0 Å². The molecule has 90 valence electrons. The monoisotopic (exact) mass is 241 g/mol. The van der Waals surface area contributed by atoms with E-state index < -0.39 is 9.84 Å². The molecule has 1 unspecified atom stereocenters. The van der Waals surface area contributed by atoms with Crippen molar-refractivity contribution in [1.82, 2.24) is 0 Å². The third-order valence-corrected chi connectivity index (χ3v) is 5.31. The Labute approximate surface area is 97.6 Å². The topological polar surface area (TPSA) is 60.2 Å². The minimum absolute atomic E-state index is 0.0822. The molecule has 0 aliphatic rings. The van der Waals surface area contributed by atoms with Crippen molar-refractivity contribution >= 4 is 15.5 Å². The Balaban J connectivity index is 3.02. The van der Waals surface area contributed by atoms with Crippen LogP contribution in [0.25, 0.3) is 0 Å². The summed E-state index contributed by atoms with van der Waals surface area (Å²) < 4.78 is 23.9. The highest BCUT2D eigenvalue weighted by molar-refractivity contribution is 7.91. The van der Waals surface area contributed by atoms with E-state index in [2.05, 4.69) is 0 Å². The first kappa shape index (κ1) is 13.0. The van der Waals surface area contributed by atoms with Gasteiger partial charge < -0.3 is 5.73 Å². The molecule has 0 fully saturated rings. The van der Waals surface area contributed by atoms with Crippen LogP contribution in [0.2, 0.25) is 0 Å². The van der Waals surface area contributed by atoms with Gasteiger partial charge in [0, 0.05) is 5.69 Å². The summed E-state index contributed by atoms with van der Waals surface area (Å²) in [5.74, 6) is 0.0822. The summed E-state index contributed by atoms with van der Waals surface area (Å²) in [7, 11) is -3.06. The van der Waals surface area contributed by atoms with Crippen LogP contribution in [0.3, 0.4) is 0 Å². The van der Waals surface area contributed by atoms with Crippen LogP contribution >= 0.6 is 0 Å². The molecule has 1 rings (SSSR count). The maximum Gasteiger partial charge on any atom is 0.157 e. The second kappa shape index (κ2) is 4.87. The average Bonchev–Trinajstić information content (AvgIpc) is 2.23. The lowest BCUT2D eigenvalue weighted by atomic mass is 10.1. The molecule has 0 heterocycles. The Hall–Kier alpha value is -1.03. The first-order chi connectivity index (χ1) is 7.38. The Morgan fingerprint density at radius 2 is 2.00 bits per heavy atom. The lowest BCUT2D eigenvalue weighted by Crippen LogP contribution is -2.19. The van der Waals surface area contributed by atoms with Crippen LogP contribution < -0.4 is 5.73 Å². The quantitative estimate of drug-likeness (QED) is 0.823. The van der Waals surface area contributed by atoms with Crippen LogP contribution in [0.4, 0.5) is 5.69 Å². The zero-order chi connectivity index (χ0) is 12.3. The average molecular weight is 241 g/mol. The molecule has 16 heavy (non-hydrogen) atoms. The Morgan fingerprint density at radius 1 is 1.38 bits per heavy atom. The molecule has 1 aromatic rings. The Kier molecular flexibility index (Phi) is 3.97. The van der Waals surface area contributed by atoms with Gasteiger partial charge in [0.05, 0.1) is 11.0 Å². The molecule has 1 aromatic carbocycles. The summed E-state index contributed by atoms with van der Waals surface area (Å²) in [5.41, 5.74) is 8.08. The van der Waals surface area contributed by atoms with E-state index in [0.29, 0.717) is 12.1 Å². The van der Waals surface area contributed by atoms with Crippen LogP contribution in [0.1, 0.15) is 31.4 Å². The number of hydrogen-bond donors (Lipinski definition) is 1. The molecule has 0 saturated carbocycles. The maximum atomic E-state index is 12.0. The van der Waals surface area contributed by atoms with Crippen molar-refractivity contribution in [1.29, 1.82) is 0 Å². The van der Waals surface area contributed by atoms with Crippen molar-refractivity contribution in [3.8, 4) is 0 Å². The standard InChI is InChI=1S/C12H19NO2S/c1-4-9(2)16(14,15)8-11-6-5-7-12(13)10(11)3/h5-7,9H,4,8,13H2,1-3H3. The van der Waals surface area contributed by atoms with Gasteiger partial charge in [0.2, 0.25) is 0 Å². The normalized spacial score (nSPS) is 13.7. The van der Waals surface area contributed by atoms with E-state index in [1.165, 1.54) is 0 Å². The first-order valence-electron chi connectivity index (χ1n) is 5.44. The summed E-state index contributed by atoms with van der Waals surface area (Å²) in [6.07, 6.45) is 0.643. The second-order valence-electron chi connectivity index (χ2n) is 4.16. The lowest BCUT2D eigenvalue weighted by Gasteiger charge is -2.13. The summed E-state index contributed by atoms with van der Waals surface area (Å²) in [6, 6.07) is 5.41. The molecule has 0 aliphatic carbocycles. The summed E-state index contributed by atoms with van der Waals surface area (Å²) in [5, 5.41) is -0.298. The van der Waals surface area contributed by atoms with Gasteiger partial charge in [-0.2, -0.15) is 0 Å². The highest BCUT2D eigenvalue weighted by Gasteiger charge is 2.20. The van der Waals surface area contributed by atoms with Crippen molar-refractivity contribution in [2.45, 2.75) is 38.2 Å². The minimum Gasteiger partial charge on any atom is -0.399 e. The smallest absolute Gasteiger partial charge is 0.157 e. The Morgan fingerprint density at radius 3 is 2.56 bits per heavy atom. The highest BCUT2D eigenvalue weighted by atomic mass is 32.2. The number of benzene rings is 1. The molecular weight excluding hydrogens is 222 g/mol. The number of hydrogen-bond acceptors (Lipinski definition) is 3. The zero-order valence-corrected chi connectivity index (χ0v) is 10.8. The highest BCUT2D eigenvalue weighted by Crippen LogP contribution is 2.20. The van der Waals surface area contributed by atoms with Crippen molar-refractivity contribution in [3.63, 3.8) is 0 Å². The third kappa shape index (κ3) is 2.76. The summed E-state index contributed by atoms with van der Waals surface area (Å²) in [6.45, 7) is 5.49. The predicted octanol–water partition coefficient (Wildman–Crippen LogP) is 2.29. The van der Waals surface area contributed by atoms with Gasteiger partial charge in [-0.05, 0) is 37.5 Å². The van der Waals surface area contributed by atoms with E-state index in [1.54, 1.807) is 19.1 Å². The van der Waals surface area contributed by atoms with Gasteiger partial charge in [0.25, 0.3) is 0 Å². The van der Waals surface area contributed by atoms with E-state index in [1.807, 2.05) is 19.9 Å². The van der Waals surface area contributed by atoms with Crippen LogP contribution in [0.15, 0.2) is 18.2 Å². The van der Waals surface area contributed by atoms with Gasteiger partial charge in [-0.15, -0.1) is 0 Å². The predicted molar refractivity (Wildman–Crippen MR) is 68.0 cm³/mol. The molecule has 0 bridgehead atoms. The van der Waals surface area contributed by atoms with E-state index in [-0.39, 0.29) is 11.0 Å². The summed E-state index contributed by atoms with van der Waals surface area (Å²) >= 11 is 0. The van der Waals surface area contributed by atoms with Gasteiger partial charge in [0.1, 0.15) is 0 Å². The molecular formula is C12H19NO2S. The van der Waals surface area contributed by atoms with Gasteiger partial charge >= 0.3 is 0 Å². The molecule has 4 heteroatoms. The van der Waals surface area contributed by atoms with Gasteiger partial charge in [-0.3, -0.25) is 0 Å². The number of anilines is 1. The molecule has 0 amide bonds. The fraction of sp³-hybridized carbons (Fsp3) is 0.500. The van der Waals surface area contributed by atoms with Gasteiger partial charge in [-0.1, -0.05) is 19.1 Å². The molecule has 3 nitrogen and oxygen atoms in total. The van der Waals surface area contributed by atoms with Crippen molar-refractivity contribution in [3.05, 3.63) is 29.3 Å². The van der Waals surface area contributed by atoms with Crippen LogP contribution in [0, 0.1) is 6.92 Å². The molecule has 0 radical (unpaired) electrons. The van der Waals surface area contributed by atoms with E-state index >= 15 is 0 Å². The molecule has 2 N–H and O–H groups in total. The largest absolute Gasteiger partial charge is 0.399 e. The van der Waals surface area contributed by atoms with Gasteiger partial charge in [0.15, 0.2) is 9.84 Å². The fourth-order valence-electron chi connectivity index (χ4n) is 1.47.